The standard InChI is InChI=1S/C23H23N5O4S2/c1-16-8-10-22(12-18(16)3)33(29,30)28(34(31,32)23-11-9-17(2)19(4)13-23)21-7-5-6-20(14-21)27-15-24-25-26-27/h5-15H,1-4H3. The lowest BCUT2D eigenvalue weighted by molar-refractivity contribution is 0.584. The molecule has 0 atom stereocenters. The Balaban J connectivity index is 1.97. The third-order valence-corrected chi connectivity index (χ3v) is 9.81. The van der Waals surface area contributed by atoms with Crippen LogP contribution in [0.15, 0.2) is 76.8 Å². The van der Waals surface area contributed by atoms with Gasteiger partial charge < -0.3 is 0 Å². The van der Waals surface area contributed by atoms with E-state index in [4.69, 9.17) is 0 Å². The minimum atomic E-state index is -4.52. The molecule has 1 aromatic heterocycles. The number of sulfonamides is 2. The van der Waals surface area contributed by atoms with Crippen LogP contribution in [0.25, 0.3) is 5.69 Å². The molecule has 34 heavy (non-hydrogen) atoms. The van der Waals surface area contributed by atoms with Crippen molar-refractivity contribution in [3.63, 3.8) is 0 Å². The third-order valence-electron chi connectivity index (χ3n) is 5.64. The lowest BCUT2D eigenvalue weighted by Gasteiger charge is -2.25. The Morgan fingerprint density at radius 1 is 0.706 bits per heavy atom. The first-order valence-corrected chi connectivity index (χ1v) is 13.2. The van der Waals surface area contributed by atoms with Gasteiger partial charge in [0.1, 0.15) is 6.33 Å². The maximum atomic E-state index is 13.9. The van der Waals surface area contributed by atoms with Gasteiger partial charge in [-0.05, 0) is 103 Å². The third kappa shape index (κ3) is 4.19. The molecule has 176 valence electrons. The Bertz CT molecular complexity index is 1500. The van der Waals surface area contributed by atoms with E-state index in [0.29, 0.717) is 9.40 Å². The predicted molar refractivity (Wildman–Crippen MR) is 128 cm³/mol. The van der Waals surface area contributed by atoms with Gasteiger partial charge in [0, 0.05) is 0 Å². The van der Waals surface area contributed by atoms with E-state index in [2.05, 4.69) is 15.5 Å². The zero-order valence-corrected chi connectivity index (χ0v) is 20.7. The zero-order valence-electron chi connectivity index (χ0n) is 19.0. The second-order valence-electron chi connectivity index (χ2n) is 7.97. The van der Waals surface area contributed by atoms with Crippen molar-refractivity contribution in [2.45, 2.75) is 37.5 Å². The van der Waals surface area contributed by atoms with Crippen molar-refractivity contribution < 1.29 is 16.8 Å². The summed E-state index contributed by atoms with van der Waals surface area (Å²) in [4.78, 5) is -0.258. The van der Waals surface area contributed by atoms with Gasteiger partial charge in [-0.15, -0.1) is 5.10 Å². The van der Waals surface area contributed by atoms with Crippen LogP contribution in [0.4, 0.5) is 5.69 Å². The van der Waals surface area contributed by atoms with E-state index in [9.17, 15) is 16.8 Å². The van der Waals surface area contributed by atoms with Crippen molar-refractivity contribution in [3.05, 3.63) is 89.2 Å². The fourth-order valence-electron chi connectivity index (χ4n) is 3.38. The smallest absolute Gasteiger partial charge is 0.200 e. The van der Waals surface area contributed by atoms with Crippen LogP contribution in [0.3, 0.4) is 0 Å². The number of rotatable bonds is 6. The van der Waals surface area contributed by atoms with Crippen molar-refractivity contribution in [2.24, 2.45) is 0 Å². The van der Waals surface area contributed by atoms with Crippen molar-refractivity contribution >= 4 is 25.7 Å². The summed E-state index contributed by atoms with van der Waals surface area (Å²) in [6.45, 7) is 7.25. The van der Waals surface area contributed by atoms with E-state index < -0.39 is 20.0 Å². The molecule has 0 saturated heterocycles. The van der Waals surface area contributed by atoms with E-state index >= 15 is 0 Å². The van der Waals surface area contributed by atoms with Crippen LogP contribution in [0.1, 0.15) is 22.3 Å². The largest absolute Gasteiger partial charge is 0.277 e. The van der Waals surface area contributed by atoms with Crippen LogP contribution < -0.4 is 3.71 Å². The summed E-state index contributed by atoms with van der Waals surface area (Å²) in [5.41, 5.74) is 3.58. The molecule has 0 aliphatic carbocycles. The van der Waals surface area contributed by atoms with E-state index in [0.717, 1.165) is 22.3 Å². The van der Waals surface area contributed by atoms with Gasteiger partial charge in [0.15, 0.2) is 0 Å². The molecule has 4 aromatic rings. The van der Waals surface area contributed by atoms with E-state index in [1.54, 1.807) is 38.1 Å². The molecule has 0 fully saturated rings. The molecule has 0 saturated carbocycles. The van der Waals surface area contributed by atoms with E-state index in [-0.39, 0.29) is 15.5 Å². The fraction of sp³-hybridized carbons (Fsp3) is 0.174. The molecule has 0 unspecified atom stereocenters. The molecule has 0 amide bonds. The van der Waals surface area contributed by atoms with Gasteiger partial charge in [-0.3, -0.25) is 0 Å². The summed E-state index contributed by atoms with van der Waals surface area (Å²) in [7, 11) is -9.05. The number of aromatic nitrogens is 4. The van der Waals surface area contributed by atoms with Crippen molar-refractivity contribution in [2.75, 3.05) is 3.71 Å². The Morgan fingerprint density at radius 3 is 1.74 bits per heavy atom. The molecule has 0 aliphatic rings. The molecule has 4 rings (SSSR count). The molecule has 0 bridgehead atoms. The molecule has 0 aliphatic heterocycles. The topological polar surface area (TPSA) is 115 Å². The summed E-state index contributed by atoms with van der Waals surface area (Å²) in [6.07, 6.45) is 1.33. The van der Waals surface area contributed by atoms with E-state index in [1.807, 2.05) is 13.8 Å². The van der Waals surface area contributed by atoms with Gasteiger partial charge in [-0.25, -0.2) is 21.5 Å². The molecular formula is C23H23N5O4S2. The molecule has 3 aromatic carbocycles. The number of anilines is 1. The van der Waals surface area contributed by atoms with Crippen LogP contribution in [0.2, 0.25) is 0 Å². The summed E-state index contributed by atoms with van der Waals surface area (Å²) in [6, 6.07) is 15.1. The highest BCUT2D eigenvalue weighted by molar-refractivity contribution is 8.10. The average molecular weight is 498 g/mol. The highest BCUT2D eigenvalue weighted by atomic mass is 32.3. The number of nitrogens with zero attached hydrogens (tertiary/aromatic N) is 5. The Kier molecular flexibility index (Phi) is 6.00. The summed E-state index contributed by atoms with van der Waals surface area (Å²) in [5.74, 6) is 0. The van der Waals surface area contributed by atoms with Crippen molar-refractivity contribution in [1.29, 1.82) is 0 Å². The van der Waals surface area contributed by atoms with Gasteiger partial charge in [-0.2, -0.15) is 3.71 Å². The van der Waals surface area contributed by atoms with E-state index in [1.165, 1.54) is 47.4 Å². The Morgan fingerprint density at radius 2 is 1.26 bits per heavy atom. The highest BCUT2D eigenvalue weighted by Crippen LogP contribution is 2.33. The maximum Gasteiger partial charge on any atom is 0.277 e. The lowest BCUT2D eigenvalue weighted by atomic mass is 10.1. The van der Waals surface area contributed by atoms with Crippen molar-refractivity contribution in [3.8, 4) is 5.69 Å². The summed E-state index contributed by atoms with van der Waals surface area (Å²) in [5, 5.41) is 11.0. The molecule has 0 radical (unpaired) electrons. The SMILES string of the molecule is Cc1ccc(S(=O)(=O)N(c2cccc(-n3cnnn3)c2)S(=O)(=O)c2ccc(C)c(C)c2)cc1C. The second kappa shape index (κ2) is 8.65. The molecule has 1 heterocycles. The van der Waals surface area contributed by atoms with Crippen LogP contribution in [-0.4, -0.2) is 37.0 Å². The van der Waals surface area contributed by atoms with Gasteiger partial charge in [0.05, 0.1) is 21.2 Å². The second-order valence-corrected chi connectivity index (χ2v) is 11.8. The van der Waals surface area contributed by atoms with Crippen LogP contribution in [0.5, 0.6) is 0 Å². The first-order valence-electron chi connectivity index (χ1n) is 10.3. The van der Waals surface area contributed by atoms with Gasteiger partial charge in [0.2, 0.25) is 0 Å². The molecule has 9 nitrogen and oxygen atoms in total. The molecular weight excluding hydrogens is 474 g/mol. The monoisotopic (exact) mass is 497 g/mol. The minimum absolute atomic E-state index is 0.0653. The summed E-state index contributed by atoms with van der Waals surface area (Å²) < 4.78 is 57.2. The van der Waals surface area contributed by atoms with Gasteiger partial charge >= 0.3 is 0 Å². The molecule has 0 N–H and O–H groups in total. The predicted octanol–water partition coefficient (Wildman–Crippen LogP) is 3.48. The zero-order chi connectivity index (χ0) is 24.7. The van der Waals surface area contributed by atoms with Crippen LogP contribution in [-0.2, 0) is 20.0 Å². The summed E-state index contributed by atoms with van der Waals surface area (Å²) >= 11 is 0. The normalized spacial score (nSPS) is 12.0. The van der Waals surface area contributed by atoms with Crippen LogP contribution >= 0.6 is 0 Å². The number of hydrogen-bond donors (Lipinski definition) is 0. The Hall–Kier alpha value is -3.57. The number of hydrogen-bond acceptors (Lipinski definition) is 7. The van der Waals surface area contributed by atoms with Gasteiger partial charge in [-0.1, -0.05) is 18.2 Å². The maximum absolute atomic E-state index is 13.9. The first kappa shape index (κ1) is 23.6. The average Bonchev–Trinajstić information content (AvgIpc) is 3.32. The number of aryl methyl sites for hydroxylation is 4. The van der Waals surface area contributed by atoms with Gasteiger partial charge in [0.25, 0.3) is 20.0 Å². The van der Waals surface area contributed by atoms with Crippen molar-refractivity contribution in [1.82, 2.24) is 20.2 Å². The van der Waals surface area contributed by atoms with Crippen LogP contribution in [0, 0.1) is 27.7 Å². The number of benzene rings is 3. The highest BCUT2D eigenvalue weighted by Gasteiger charge is 2.37. The fourth-order valence-corrected chi connectivity index (χ4v) is 7.22. The number of tetrazole rings is 1. The lowest BCUT2D eigenvalue weighted by Crippen LogP contribution is -2.37. The molecule has 11 heteroatoms. The minimum Gasteiger partial charge on any atom is -0.200 e. The molecule has 0 spiro atoms. The first-order chi connectivity index (χ1) is 16.0. The quantitative estimate of drug-likeness (QED) is 0.400. The Labute approximate surface area is 198 Å².